The van der Waals surface area contributed by atoms with Gasteiger partial charge in [-0.25, -0.2) is 0 Å². The second-order valence-electron chi connectivity index (χ2n) is 7.88. The summed E-state index contributed by atoms with van der Waals surface area (Å²) in [7, 11) is 0. The molecule has 0 aliphatic carbocycles. The van der Waals surface area contributed by atoms with Gasteiger partial charge in [0.25, 0.3) is 11.7 Å². The standard InChI is InChI=1S/C27H25ClN2O5/c1-4-34-18-10-11-19(22(15-18)35-5-2)25(31)23-24(20-8-6-7-13-29-20)30(27(33)26(23)32)21-12-9-17(28)14-16(21)3/h6-15,24,31H,4-5H2,1-3H3/b25-23-. The van der Waals surface area contributed by atoms with E-state index in [-0.39, 0.29) is 16.9 Å². The average Bonchev–Trinajstić information content (AvgIpc) is 3.10. The van der Waals surface area contributed by atoms with E-state index >= 15 is 0 Å². The first-order valence-corrected chi connectivity index (χ1v) is 11.6. The Bertz CT molecular complexity index is 1310. The number of ether oxygens (including phenoxy) is 2. The fraction of sp³-hybridized carbons (Fsp3) is 0.222. The molecule has 0 bridgehead atoms. The number of rotatable bonds is 7. The highest BCUT2D eigenvalue weighted by Gasteiger charge is 2.48. The number of pyridine rings is 1. The topological polar surface area (TPSA) is 89.0 Å². The summed E-state index contributed by atoms with van der Waals surface area (Å²) in [5.41, 5.74) is 1.85. The summed E-state index contributed by atoms with van der Waals surface area (Å²) >= 11 is 6.13. The zero-order valence-electron chi connectivity index (χ0n) is 19.6. The summed E-state index contributed by atoms with van der Waals surface area (Å²) in [5, 5.41) is 12.0. The summed E-state index contributed by atoms with van der Waals surface area (Å²) in [5.74, 6) is -1.03. The Balaban J connectivity index is 1.95. The molecule has 0 radical (unpaired) electrons. The maximum Gasteiger partial charge on any atom is 0.300 e. The monoisotopic (exact) mass is 492 g/mol. The van der Waals surface area contributed by atoms with Crippen LogP contribution in [0.25, 0.3) is 5.76 Å². The summed E-state index contributed by atoms with van der Waals surface area (Å²) in [6, 6.07) is 14.3. The van der Waals surface area contributed by atoms with Gasteiger partial charge in [-0.2, -0.15) is 0 Å². The highest BCUT2D eigenvalue weighted by molar-refractivity contribution is 6.51. The Kier molecular flexibility index (Phi) is 7.07. The number of aromatic nitrogens is 1. The number of nitrogens with zero attached hydrogens (tertiary/aromatic N) is 2. The van der Waals surface area contributed by atoms with Crippen molar-refractivity contribution in [1.29, 1.82) is 0 Å². The predicted octanol–water partition coefficient (Wildman–Crippen LogP) is 5.47. The van der Waals surface area contributed by atoms with E-state index in [0.29, 0.717) is 46.7 Å². The van der Waals surface area contributed by atoms with Gasteiger partial charge in [-0.1, -0.05) is 17.7 Å². The lowest BCUT2D eigenvalue weighted by molar-refractivity contribution is -0.132. The van der Waals surface area contributed by atoms with Crippen LogP contribution in [0.2, 0.25) is 5.02 Å². The van der Waals surface area contributed by atoms with E-state index in [4.69, 9.17) is 21.1 Å². The molecule has 180 valence electrons. The van der Waals surface area contributed by atoms with Gasteiger partial charge in [0.2, 0.25) is 0 Å². The molecule has 1 saturated heterocycles. The van der Waals surface area contributed by atoms with E-state index < -0.39 is 17.7 Å². The van der Waals surface area contributed by atoms with Gasteiger partial charge in [-0.05, 0) is 68.8 Å². The van der Waals surface area contributed by atoms with E-state index in [1.165, 1.54) is 4.90 Å². The number of aryl methyl sites for hydroxylation is 1. The van der Waals surface area contributed by atoms with Crippen LogP contribution in [-0.2, 0) is 9.59 Å². The van der Waals surface area contributed by atoms with Crippen molar-refractivity contribution in [2.24, 2.45) is 0 Å². The molecule has 2 heterocycles. The number of carbonyl (C=O) groups excluding carboxylic acids is 2. The summed E-state index contributed by atoms with van der Waals surface area (Å²) in [6.45, 7) is 6.27. The number of anilines is 1. The highest BCUT2D eigenvalue weighted by Crippen LogP contribution is 2.44. The molecule has 1 unspecified atom stereocenters. The molecule has 1 amide bonds. The molecule has 0 spiro atoms. The number of amides is 1. The van der Waals surface area contributed by atoms with Gasteiger partial charge in [0.05, 0.1) is 30.0 Å². The third kappa shape index (κ3) is 4.59. The molecule has 1 aliphatic heterocycles. The molecule has 2 aromatic carbocycles. The summed E-state index contributed by atoms with van der Waals surface area (Å²) < 4.78 is 11.3. The normalized spacial score (nSPS) is 17.0. The van der Waals surface area contributed by atoms with Crippen molar-refractivity contribution < 1.29 is 24.2 Å². The minimum Gasteiger partial charge on any atom is -0.507 e. The lowest BCUT2D eigenvalue weighted by atomic mass is 9.97. The Morgan fingerprint density at radius 2 is 1.83 bits per heavy atom. The largest absolute Gasteiger partial charge is 0.507 e. The van der Waals surface area contributed by atoms with Crippen molar-refractivity contribution in [2.45, 2.75) is 26.8 Å². The zero-order valence-corrected chi connectivity index (χ0v) is 20.4. The maximum absolute atomic E-state index is 13.4. The van der Waals surface area contributed by atoms with Crippen molar-refractivity contribution in [1.82, 2.24) is 4.98 Å². The summed E-state index contributed by atoms with van der Waals surface area (Å²) in [6.07, 6.45) is 1.58. The van der Waals surface area contributed by atoms with Crippen LogP contribution in [0.3, 0.4) is 0 Å². The average molecular weight is 493 g/mol. The third-order valence-corrected chi connectivity index (χ3v) is 5.88. The second-order valence-corrected chi connectivity index (χ2v) is 8.31. The van der Waals surface area contributed by atoms with Gasteiger partial charge in [0.1, 0.15) is 23.3 Å². The lowest BCUT2D eigenvalue weighted by Gasteiger charge is -2.26. The Labute approximate surface area is 208 Å². The van der Waals surface area contributed by atoms with Crippen LogP contribution >= 0.6 is 11.6 Å². The van der Waals surface area contributed by atoms with Crippen LogP contribution in [-0.4, -0.2) is 35.0 Å². The fourth-order valence-corrected chi connectivity index (χ4v) is 4.39. The number of hydrogen-bond donors (Lipinski definition) is 1. The van der Waals surface area contributed by atoms with E-state index in [9.17, 15) is 14.7 Å². The first-order chi connectivity index (χ1) is 16.9. The zero-order chi connectivity index (χ0) is 25.1. The Morgan fingerprint density at radius 1 is 1.06 bits per heavy atom. The van der Waals surface area contributed by atoms with Gasteiger partial charge < -0.3 is 14.6 Å². The van der Waals surface area contributed by atoms with Crippen molar-refractivity contribution in [3.8, 4) is 11.5 Å². The number of carbonyl (C=O) groups is 2. The molecule has 3 aromatic rings. The van der Waals surface area contributed by atoms with Crippen LogP contribution in [0, 0.1) is 6.92 Å². The molecule has 1 fully saturated rings. The van der Waals surface area contributed by atoms with Gasteiger partial charge in [0, 0.05) is 23.0 Å². The Morgan fingerprint density at radius 3 is 2.49 bits per heavy atom. The Hall–Kier alpha value is -3.84. The van der Waals surface area contributed by atoms with Gasteiger partial charge in [-0.3, -0.25) is 19.5 Å². The molecule has 7 nitrogen and oxygen atoms in total. The number of aliphatic hydroxyl groups is 1. The minimum atomic E-state index is -0.947. The highest BCUT2D eigenvalue weighted by atomic mass is 35.5. The number of hydrogen-bond acceptors (Lipinski definition) is 6. The van der Waals surface area contributed by atoms with E-state index in [1.54, 1.807) is 67.7 Å². The molecular formula is C27H25ClN2O5. The molecule has 1 aliphatic rings. The fourth-order valence-electron chi connectivity index (χ4n) is 4.16. The molecule has 4 rings (SSSR count). The molecule has 1 N–H and O–H groups in total. The van der Waals surface area contributed by atoms with Crippen molar-refractivity contribution >= 4 is 34.7 Å². The summed E-state index contributed by atoms with van der Waals surface area (Å²) in [4.78, 5) is 32.5. The molecule has 35 heavy (non-hydrogen) atoms. The molecule has 8 heteroatoms. The minimum absolute atomic E-state index is 0.0758. The second kappa shape index (κ2) is 10.2. The van der Waals surface area contributed by atoms with E-state index in [2.05, 4.69) is 4.98 Å². The number of Topliss-reactive ketones (excluding diaryl/α,β-unsaturated/α-hetero) is 1. The van der Waals surface area contributed by atoms with Crippen LogP contribution in [0.1, 0.15) is 36.7 Å². The van der Waals surface area contributed by atoms with E-state index in [0.717, 1.165) is 0 Å². The molecule has 0 saturated carbocycles. The van der Waals surface area contributed by atoms with Gasteiger partial charge in [-0.15, -0.1) is 0 Å². The first kappa shape index (κ1) is 24.3. The van der Waals surface area contributed by atoms with Gasteiger partial charge >= 0.3 is 0 Å². The van der Waals surface area contributed by atoms with Crippen LogP contribution in [0.4, 0.5) is 5.69 Å². The van der Waals surface area contributed by atoms with Crippen molar-refractivity contribution in [3.63, 3.8) is 0 Å². The predicted molar refractivity (Wildman–Crippen MR) is 134 cm³/mol. The third-order valence-electron chi connectivity index (χ3n) is 5.65. The first-order valence-electron chi connectivity index (χ1n) is 11.2. The number of aliphatic hydroxyl groups excluding tert-OH is 1. The number of ketones is 1. The van der Waals surface area contributed by atoms with Crippen LogP contribution in [0.5, 0.6) is 11.5 Å². The number of halogens is 1. The van der Waals surface area contributed by atoms with E-state index in [1.807, 2.05) is 13.8 Å². The van der Waals surface area contributed by atoms with Crippen molar-refractivity contribution in [3.05, 3.63) is 88.2 Å². The molecular weight excluding hydrogens is 468 g/mol. The van der Waals surface area contributed by atoms with Gasteiger partial charge in [0.15, 0.2) is 0 Å². The van der Waals surface area contributed by atoms with Crippen molar-refractivity contribution in [2.75, 3.05) is 18.1 Å². The molecule has 1 atom stereocenters. The maximum atomic E-state index is 13.4. The SMILES string of the molecule is CCOc1ccc(/C(O)=C2/C(=O)C(=O)N(c3ccc(Cl)cc3C)C2c2ccccn2)c(OCC)c1. The van der Waals surface area contributed by atoms with Crippen LogP contribution < -0.4 is 14.4 Å². The smallest absolute Gasteiger partial charge is 0.300 e. The quantitative estimate of drug-likeness (QED) is 0.267. The molecule has 1 aromatic heterocycles. The van der Waals surface area contributed by atoms with Crippen LogP contribution in [0.15, 0.2) is 66.4 Å². The number of benzene rings is 2. The lowest BCUT2D eigenvalue weighted by Crippen LogP contribution is -2.30.